The molecule has 0 spiro atoms. The van der Waals surface area contributed by atoms with Gasteiger partial charge in [0.1, 0.15) is 0 Å². The second kappa shape index (κ2) is 8.30. The van der Waals surface area contributed by atoms with Crippen molar-refractivity contribution >= 4 is 5.78 Å². The molecule has 1 aromatic carbocycles. The minimum Gasteiger partial charge on any atom is -0.298 e. The Balaban J connectivity index is 1.74. The maximum Gasteiger partial charge on any atom is 0.416 e. The Morgan fingerprint density at radius 3 is 2.62 bits per heavy atom. The number of carbonyl (C=O) groups is 1. The van der Waals surface area contributed by atoms with Crippen molar-refractivity contribution in [2.24, 2.45) is 5.92 Å². The van der Waals surface area contributed by atoms with Crippen molar-refractivity contribution in [3.8, 4) is 0 Å². The van der Waals surface area contributed by atoms with Crippen LogP contribution in [0.15, 0.2) is 24.3 Å². The second-order valence-corrected chi connectivity index (χ2v) is 8.20. The first-order chi connectivity index (χ1) is 13.6. The zero-order chi connectivity index (χ0) is 21.3. The Morgan fingerprint density at radius 1 is 1.28 bits per heavy atom. The highest BCUT2D eigenvalue weighted by molar-refractivity contribution is 5.98. The summed E-state index contributed by atoms with van der Waals surface area (Å²) in [5.41, 5.74) is 2.66. The zero-order valence-electron chi connectivity index (χ0n) is 17.4. The van der Waals surface area contributed by atoms with Crippen LogP contribution in [0.5, 0.6) is 0 Å². The maximum absolute atomic E-state index is 13.0. The quantitative estimate of drug-likeness (QED) is 0.640. The number of likely N-dealkylation sites (tertiary alicyclic amines) is 1. The van der Waals surface area contributed by atoms with Gasteiger partial charge in [0.15, 0.2) is 5.78 Å². The van der Waals surface area contributed by atoms with E-state index in [0.29, 0.717) is 19.5 Å². The van der Waals surface area contributed by atoms with Gasteiger partial charge in [0.25, 0.3) is 0 Å². The van der Waals surface area contributed by atoms with Crippen molar-refractivity contribution in [1.82, 2.24) is 14.7 Å². The number of benzene rings is 1. The number of hydrogen-bond donors (Lipinski definition) is 0. The number of Topliss-reactive ketones (excluding diaryl/α,β-unsaturated/α-hetero) is 1. The summed E-state index contributed by atoms with van der Waals surface area (Å²) in [4.78, 5) is 15.1. The van der Waals surface area contributed by atoms with E-state index in [4.69, 9.17) is 0 Å². The largest absolute Gasteiger partial charge is 0.416 e. The summed E-state index contributed by atoms with van der Waals surface area (Å²) < 4.78 is 41.0. The smallest absolute Gasteiger partial charge is 0.298 e. The van der Waals surface area contributed by atoms with Gasteiger partial charge in [-0.15, -0.1) is 0 Å². The van der Waals surface area contributed by atoms with Gasteiger partial charge in [-0.1, -0.05) is 12.1 Å². The molecule has 0 amide bonds. The number of aryl methyl sites for hydroxylation is 1. The summed E-state index contributed by atoms with van der Waals surface area (Å²) in [6.07, 6.45) is -2.89. The van der Waals surface area contributed by atoms with Crippen LogP contribution in [-0.4, -0.2) is 33.6 Å². The van der Waals surface area contributed by atoms with Crippen LogP contribution in [0.1, 0.15) is 65.6 Å². The van der Waals surface area contributed by atoms with E-state index in [2.05, 4.69) is 30.8 Å². The lowest BCUT2D eigenvalue weighted by molar-refractivity contribution is -0.137. The Morgan fingerprint density at radius 2 is 2.00 bits per heavy atom. The summed E-state index contributed by atoms with van der Waals surface area (Å²) in [5.74, 6) is -0.486. The fourth-order valence-electron chi connectivity index (χ4n) is 4.15. The molecule has 1 aliphatic rings. The van der Waals surface area contributed by atoms with Crippen LogP contribution in [0.2, 0.25) is 0 Å². The van der Waals surface area contributed by atoms with E-state index in [1.165, 1.54) is 17.7 Å². The van der Waals surface area contributed by atoms with Crippen molar-refractivity contribution in [1.29, 1.82) is 0 Å². The molecule has 0 saturated carbocycles. The molecule has 0 bridgehead atoms. The first kappa shape index (κ1) is 21.6. The van der Waals surface area contributed by atoms with Crippen molar-refractivity contribution < 1.29 is 18.0 Å². The highest BCUT2D eigenvalue weighted by atomic mass is 19.4. The molecule has 0 radical (unpaired) electrons. The third-order valence-corrected chi connectivity index (χ3v) is 5.70. The molecule has 1 aliphatic heterocycles. The topological polar surface area (TPSA) is 38.1 Å². The molecule has 1 atom stereocenters. The number of ketones is 1. The molecule has 1 fully saturated rings. The lowest BCUT2D eigenvalue weighted by Crippen LogP contribution is -2.38. The van der Waals surface area contributed by atoms with Crippen LogP contribution in [0.25, 0.3) is 0 Å². The molecule has 3 rings (SSSR count). The number of aromatic nitrogens is 2. The van der Waals surface area contributed by atoms with E-state index in [0.717, 1.165) is 36.5 Å². The summed E-state index contributed by atoms with van der Waals surface area (Å²) >= 11 is 0. The Labute approximate surface area is 169 Å². The highest BCUT2D eigenvalue weighted by Gasteiger charge is 2.32. The summed E-state index contributed by atoms with van der Waals surface area (Å²) in [5, 5.41) is 4.63. The van der Waals surface area contributed by atoms with Crippen LogP contribution in [0.4, 0.5) is 13.2 Å². The van der Waals surface area contributed by atoms with Crippen molar-refractivity contribution in [2.45, 2.75) is 59.3 Å². The van der Waals surface area contributed by atoms with Gasteiger partial charge in [-0.2, -0.15) is 18.3 Å². The third-order valence-electron chi connectivity index (χ3n) is 5.70. The van der Waals surface area contributed by atoms with Crippen molar-refractivity contribution in [3.63, 3.8) is 0 Å². The van der Waals surface area contributed by atoms with Crippen LogP contribution in [0.3, 0.4) is 0 Å². The molecule has 158 valence electrons. The SMILES string of the molecule is Cc1nn(C(C)C)c(C)c1CN1CCC[C@H](C(=O)c2cccc(C(F)(F)F)c2)C1. The normalized spacial score (nSPS) is 18.4. The summed E-state index contributed by atoms with van der Waals surface area (Å²) in [7, 11) is 0. The highest BCUT2D eigenvalue weighted by Crippen LogP contribution is 2.31. The first-order valence-electron chi connectivity index (χ1n) is 10.1. The van der Waals surface area contributed by atoms with Gasteiger partial charge in [0, 0.05) is 41.9 Å². The molecular weight excluding hydrogens is 379 g/mol. The number of piperidine rings is 1. The standard InChI is InChI=1S/C22H28F3N3O/c1-14(2)28-16(4)20(15(3)26-28)13-27-10-6-8-18(12-27)21(29)17-7-5-9-19(11-17)22(23,24)25/h5,7,9,11,14,18H,6,8,10,12-13H2,1-4H3/t18-/m0/s1. The molecule has 1 aromatic heterocycles. The van der Waals surface area contributed by atoms with Crippen LogP contribution < -0.4 is 0 Å². The van der Waals surface area contributed by atoms with Crippen LogP contribution in [-0.2, 0) is 12.7 Å². The predicted molar refractivity (Wildman–Crippen MR) is 106 cm³/mol. The number of hydrogen-bond acceptors (Lipinski definition) is 3. The van der Waals surface area contributed by atoms with Gasteiger partial charge in [0.05, 0.1) is 11.3 Å². The Kier molecular flexibility index (Phi) is 6.17. The number of alkyl halides is 3. The first-order valence-corrected chi connectivity index (χ1v) is 10.1. The van der Waals surface area contributed by atoms with Gasteiger partial charge < -0.3 is 0 Å². The van der Waals surface area contributed by atoms with Crippen LogP contribution in [0, 0.1) is 19.8 Å². The molecule has 0 aliphatic carbocycles. The fourth-order valence-corrected chi connectivity index (χ4v) is 4.15. The number of halogens is 3. The number of nitrogens with zero attached hydrogens (tertiary/aromatic N) is 3. The monoisotopic (exact) mass is 407 g/mol. The molecule has 2 heterocycles. The minimum absolute atomic E-state index is 0.145. The molecule has 4 nitrogen and oxygen atoms in total. The molecule has 0 N–H and O–H groups in total. The van der Waals surface area contributed by atoms with E-state index in [1.807, 2.05) is 11.6 Å². The van der Waals surface area contributed by atoms with Gasteiger partial charge >= 0.3 is 6.18 Å². The van der Waals surface area contributed by atoms with Crippen molar-refractivity contribution in [2.75, 3.05) is 13.1 Å². The second-order valence-electron chi connectivity index (χ2n) is 8.20. The van der Waals surface area contributed by atoms with Gasteiger partial charge in [0.2, 0.25) is 0 Å². The minimum atomic E-state index is -4.44. The number of rotatable bonds is 5. The molecular formula is C22H28F3N3O. The zero-order valence-corrected chi connectivity index (χ0v) is 17.4. The molecule has 29 heavy (non-hydrogen) atoms. The van der Waals surface area contributed by atoms with E-state index < -0.39 is 11.7 Å². The number of carbonyl (C=O) groups excluding carboxylic acids is 1. The Bertz CT molecular complexity index is 886. The van der Waals surface area contributed by atoms with E-state index >= 15 is 0 Å². The van der Waals surface area contributed by atoms with E-state index in [9.17, 15) is 18.0 Å². The molecule has 1 saturated heterocycles. The lowest BCUT2D eigenvalue weighted by atomic mass is 9.89. The molecule has 2 aromatic rings. The van der Waals surface area contributed by atoms with Crippen LogP contribution >= 0.6 is 0 Å². The summed E-state index contributed by atoms with van der Waals surface area (Å²) in [6.45, 7) is 10.4. The van der Waals surface area contributed by atoms with Gasteiger partial charge in [-0.25, -0.2) is 0 Å². The fraction of sp³-hybridized carbons (Fsp3) is 0.545. The van der Waals surface area contributed by atoms with E-state index in [1.54, 1.807) is 0 Å². The molecule has 7 heteroatoms. The summed E-state index contributed by atoms with van der Waals surface area (Å²) in [6, 6.07) is 5.05. The van der Waals surface area contributed by atoms with Gasteiger partial charge in [-0.3, -0.25) is 14.4 Å². The van der Waals surface area contributed by atoms with Crippen molar-refractivity contribution in [3.05, 3.63) is 52.3 Å². The van der Waals surface area contributed by atoms with Gasteiger partial charge in [-0.05, 0) is 59.2 Å². The average molecular weight is 407 g/mol. The maximum atomic E-state index is 13.0. The lowest BCUT2D eigenvalue weighted by Gasteiger charge is -2.32. The average Bonchev–Trinajstić information content (AvgIpc) is 2.95. The van der Waals surface area contributed by atoms with E-state index in [-0.39, 0.29) is 23.3 Å². The third kappa shape index (κ3) is 4.71. The Hall–Kier alpha value is -2.15. The molecule has 0 unspecified atom stereocenters. The predicted octanol–water partition coefficient (Wildman–Crippen LogP) is 5.19.